The molecule has 24 heavy (non-hydrogen) atoms. The molecule has 0 aliphatic carbocycles. The molecule has 4 nitrogen and oxygen atoms in total. The summed E-state index contributed by atoms with van der Waals surface area (Å²) in [4.78, 5) is 0. The normalized spacial score (nSPS) is 20.1. The van der Waals surface area contributed by atoms with Crippen LogP contribution in [0.1, 0.15) is 62.3 Å². The van der Waals surface area contributed by atoms with Gasteiger partial charge in [-0.3, -0.25) is 0 Å². The Kier molecular flexibility index (Phi) is 5.18. The van der Waals surface area contributed by atoms with E-state index in [1.165, 1.54) is 0 Å². The van der Waals surface area contributed by atoms with Crippen LogP contribution >= 0.6 is 0 Å². The first-order valence-electron chi connectivity index (χ1n) is 9.24. The van der Waals surface area contributed by atoms with E-state index in [2.05, 4.69) is 104 Å². The zero-order valence-corrected chi connectivity index (χ0v) is 21.8. The van der Waals surface area contributed by atoms with E-state index >= 15 is 0 Å². The lowest BCUT2D eigenvalue weighted by molar-refractivity contribution is 0.498. The third-order valence-electron chi connectivity index (χ3n) is 6.96. The summed E-state index contributed by atoms with van der Waals surface area (Å²) in [7, 11) is -5.59. The molecule has 0 aromatic carbocycles. The van der Waals surface area contributed by atoms with Crippen LogP contribution in [0.2, 0.25) is 47.8 Å². The van der Waals surface area contributed by atoms with Gasteiger partial charge >= 0.3 is 0 Å². The van der Waals surface area contributed by atoms with Gasteiger partial charge in [0.15, 0.2) is 16.5 Å². The van der Waals surface area contributed by atoms with Crippen molar-refractivity contribution in [2.24, 2.45) is 10.4 Å². The van der Waals surface area contributed by atoms with Crippen LogP contribution in [0.3, 0.4) is 0 Å². The number of rotatable bonds is 2. The topological polar surface area (TPSA) is 31.2 Å². The highest BCUT2D eigenvalue weighted by Crippen LogP contribution is 2.56. The average molecular weight is 387 g/mol. The average Bonchev–Trinajstić information content (AvgIpc) is 2.59. The van der Waals surface area contributed by atoms with Crippen LogP contribution in [0.15, 0.2) is 10.4 Å². The van der Waals surface area contributed by atoms with Gasteiger partial charge in [0.1, 0.15) is 0 Å². The zero-order chi connectivity index (χ0) is 19.6. The molecule has 1 aliphatic heterocycles. The lowest BCUT2D eigenvalue weighted by atomic mass is 10.2. The van der Waals surface area contributed by atoms with Gasteiger partial charge in [-0.25, -0.2) is 0 Å². The molecule has 1 aliphatic rings. The molecule has 1 heterocycles. The van der Waals surface area contributed by atoms with Gasteiger partial charge in [0.25, 0.3) is 8.40 Å². The quantitative estimate of drug-likeness (QED) is 0.490. The standard InChI is InChI=1S/C17H42N4Si3/c1-15(2,3)22(10,11)20-18-19-21(23(20,12)13)24(14,16(4,5)6)17(7,8)9/h1-14H3. The Morgan fingerprint density at radius 1 is 0.625 bits per heavy atom. The molecule has 7 heteroatoms. The van der Waals surface area contributed by atoms with E-state index in [9.17, 15) is 0 Å². The second kappa shape index (κ2) is 5.67. The van der Waals surface area contributed by atoms with Crippen molar-refractivity contribution < 1.29 is 0 Å². The Morgan fingerprint density at radius 3 is 1.25 bits per heavy atom. The highest BCUT2D eigenvalue weighted by atomic mass is 28.4. The molecule has 0 saturated carbocycles. The molecule has 0 N–H and O–H groups in total. The molecule has 0 spiro atoms. The molecule has 0 fully saturated rings. The zero-order valence-electron chi connectivity index (χ0n) is 18.8. The lowest BCUT2D eigenvalue weighted by Gasteiger charge is -2.58. The second-order valence-corrected chi connectivity index (χ2v) is 27.0. The summed E-state index contributed by atoms with van der Waals surface area (Å²) in [5, 5.41) is 10.5. The summed E-state index contributed by atoms with van der Waals surface area (Å²) in [5.41, 5.74) is 0. The third kappa shape index (κ3) is 3.05. The van der Waals surface area contributed by atoms with Gasteiger partial charge in [-0.1, -0.05) is 85.9 Å². The minimum Gasteiger partial charge on any atom is -0.310 e. The van der Waals surface area contributed by atoms with Gasteiger partial charge in [-0.2, -0.15) is 0 Å². The van der Waals surface area contributed by atoms with Gasteiger partial charge in [0.2, 0.25) is 0 Å². The first-order valence-corrected chi connectivity index (χ1v) is 17.5. The van der Waals surface area contributed by atoms with Crippen LogP contribution in [0, 0.1) is 0 Å². The Hall–Kier alpha value is -0.149. The van der Waals surface area contributed by atoms with Crippen molar-refractivity contribution in [3.63, 3.8) is 0 Å². The van der Waals surface area contributed by atoms with Crippen molar-refractivity contribution >= 4 is 24.9 Å². The van der Waals surface area contributed by atoms with Crippen molar-refractivity contribution in [1.29, 1.82) is 0 Å². The lowest BCUT2D eigenvalue weighted by Crippen LogP contribution is -2.74. The second-order valence-electron chi connectivity index (χ2n) is 11.7. The molecule has 142 valence electrons. The third-order valence-corrected chi connectivity index (χ3v) is 27.1. The Labute approximate surface area is 154 Å². The van der Waals surface area contributed by atoms with E-state index in [4.69, 9.17) is 10.4 Å². The van der Waals surface area contributed by atoms with Crippen molar-refractivity contribution in [3.05, 3.63) is 0 Å². The Balaban J connectivity index is 3.48. The van der Waals surface area contributed by atoms with Crippen molar-refractivity contribution in [1.82, 2.24) is 8.68 Å². The summed E-state index contributed by atoms with van der Waals surface area (Å²) in [6.07, 6.45) is 0. The number of hydrogen-bond acceptors (Lipinski definition) is 4. The SMILES string of the molecule is CC(C)(C)[Si](C)(C)N1N=NN([Si](C)(C(C)(C)C)C(C)(C)C)[Si]1(C)C. The minimum absolute atomic E-state index is 0.234. The summed E-state index contributed by atoms with van der Waals surface area (Å²) in [5.74, 6) is 0. The summed E-state index contributed by atoms with van der Waals surface area (Å²) >= 11 is 0. The van der Waals surface area contributed by atoms with E-state index < -0.39 is 24.9 Å². The van der Waals surface area contributed by atoms with Crippen LogP contribution in [0.5, 0.6) is 0 Å². The number of nitrogens with zero attached hydrogens (tertiary/aromatic N) is 4. The van der Waals surface area contributed by atoms with Crippen LogP contribution < -0.4 is 0 Å². The molecule has 0 aromatic rings. The van der Waals surface area contributed by atoms with E-state index in [0.717, 1.165) is 0 Å². The van der Waals surface area contributed by atoms with E-state index in [1.54, 1.807) is 0 Å². The van der Waals surface area contributed by atoms with Gasteiger partial charge in [0.05, 0.1) is 0 Å². The first kappa shape index (κ1) is 21.9. The molecule has 1 rings (SSSR count). The fraction of sp³-hybridized carbons (Fsp3) is 1.00. The predicted molar refractivity (Wildman–Crippen MR) is 114 cm³/mol. The minimum atomic E-state index is -1.94. The summed E-state index contributed by atoms with van der Waals surface area (Å²) in [6, 6.07) is 0. The highest BCUT2D eigenvalue weighted by Gasteiger charge is 2.63. The molecule has 0 aromatic heterocycles. The maximum absolute atomic E-state index is 4.90. The monoisotopic (exact) mass is 386 g/mol. The largest absolute Gasteiger partial charge is 0.310 e. The maximum Gasteiger partial charge on any atom is 0.278 e. The van der Waals surface area contributed by atoms with Crippen LogP contribution in [0.25, 0.3) is 0 Å². The summed E-state index contributed by atoms with van der Waals surface area (Å²) in [6.45, 7) is 33.9. The van der Waals surface area contributed by atoms with Crippen molar-refractivity contribution in [2.75, 3.05) is 0 Å². The van der Waals surface area contributed by atoms with Crippen LogP contribution in [-0.2, 0) is 0 Å². The van der Waals surface area contributed by atoms with E-state index in [1.807, 2.05) is 0 Å². The number of hydrogen-bond donors (Lipinski definition) is 0. The predicted octanol–water partition coefficient (Wildman–Crippen LogP) is 6.77. The highest BCUT2D eigenvalue weighted by molar-refractivity contribution is 6.98. The van der Waals surface area contributed by atoms with Crippen LogP contribution in [0.4, 0.5) is 0 Å². The molecule has 0 unspecified atom stereocenters. The van der Waals surface area contributed by atoms with Gasteiger partial charge < -0.3 is 8.68 Å². The molecule has 0 radical (unpaired) electrons. The van der Waals surface area contributed by atoms with Gasteiger partial charge in [-0.15, -0.1) is 0 Å². The molecule has 0 atom stereocenters. The van der Waals surface area contributed by atoms with Crippen molar-refractivity contribution in [2.45, 2.75) is 110 Å². The fourth-order valence-electron chi connectivity index (χ4n) is 3.90. The summed E-state index contributed by atoms with van der Waals surface area (Å²) < 4.78 is 5.09. The van der Waals surface area contributed by atoms with E-state index in [0.29, 0.717) is 0 Å². The molecular formula is C17H42N4Si3. The first-order chi connectivity index (χ1) is 10.2. The Morgan fingerprint density at radius 2 is 0.958 bits per heavy atom. The molecule has 0 amide bonds. The van der Waals surface area contributed by atoms with Crippen LogP contribution in [-0.4, -0.2) is 33.5 Å². The molecular weight excluding hydrogens is 344 g/mol. The smallest absolute Gasteiger partial charge is 0.278 e. The van der Waals surface area contributed by atoms with Gasteiger partial charge in [-0.05, 0) is 34.8 Å². The maximum atomic E-state index is 4.90. The molecule has 0 bridgehead atoms. The Bertz CT molecular complexity index is 493. The van der Waals surface area contributed by atoms with Gasteiger partial charge in [0, 0.05) is 0 Å². The van der Waals surface area contributed by atoms with Crippen molar-refractivity contribution in [3.8, 4) is 0 Å². The molecule has 0 saturated heterocycles. The fourth-order valence-corrected chi connectivity index (χ4v) is 23.0. The van der Waals surface area contributed by atoms with E-state index in [-0.39, 0.29) is 15.1 Å².